The number of halogens is 4. The summed E-state index contributed by atoms with van der Waals surface area (Å²) in [5.74, 6) is -9.84. The maximum Gasteiger partial charge on any atom is 0.350 e. The zero-order valence-corrected chi connectivity index (χ0v) is 18.9. The molecule has 4 rings (SSSR count). The van der Waals surface area contributed by atoms with Crippen LogP contribution in [-0.2, 0) is 25.1 Å². The van der Waals surface area contributed by atoms with Crippen molar-refractivity contribution in [2.75, 3.05) is 19.8 Å². The molecule has 7 nitrogen and oxygen atoms in total. The minimum atomic E-state index is -4.07. The Balaban J connectivity index is 1.57. The molecule has 1 saturated carbocycles. The van der Waals surface area contributed by atoms with E-state index in [1.165, 1.54) is 0 Å². The number of fused-ring (bicyclic) bond motifs is 1. The van der Waals surface area contributed by atoms with Gasteiger partial charge in [0.1, 0.15) is 18.5 Å². The van der Waals surface area contributed by atoms with E-state index in [9.17, 15) is 28.0 Å². The largest absolute Gasteiger partial charge is 0.356 e. The van der Waals surface area contributed by atoms with Gasteiger partial charge in [-0.25, -0.2) is 8.78 Å². The van der Waals surface area contributed by atoms with Gasteiger partial charge in [0.25, 0.3) is 5.91 Å². The highest BCUT2D eigenvalue weighted by Gasteiger charge is 2.55. The van der Waals surface area contributed by atoms with E-state index in [0.717, 1.165) is 29.5 Å². The van der Waals surface area contributed by atoms with Crippen LogP contribution < -0.4 is 10.6 Å². The Bertz CT molecular complexity index is 1020. The first-order valence-corrected chi connectivity index (χ1v) is 11.7. The Morgan fingerprint density at radius 1 is 1.20 bits per heavy atom. The third-order valence-corrected chi connectivity index (χ3v) is 7.40. The monoisotopic (exact) mass is 497 g/mol. The number of benzene rings is 1. The molecule has 2 aliphatic heterocycles. The third-order valence-electron chi connectivity index (χ3n) is 7.40. The SMILES string of the molecule is O=C1NCC[C@@H]1C[C@H](NC(=O)[C@H]1[C@@H]2CCC[C@@H]2CN1C(=O)C(F)(F)c1cccc(F)c1)C(=O)CF. The van der Waals surface area contributed by atoms with Gasteiger partial charge in [0, 0.05) is 24.6 Å². The van der Waals surface area contributed by atoms with Crippen LogP contribution in [0.1, 0.15) is 37.7 Å². The number of amides is 3. The van der Waals surface area contributed by atoms with Crippen molar-refractivity contribution < 1.29 is 36.7 Å². The predicted octanol–water partition coefficient (Wildman–Crippen LogP) is 2.09. The molecule has 190 valence electrons. The molecule has 1 aromatic carbocycles. The van der Waals surface area contributed by atoms with E-state index in [0.29, 0.717) is 31.9 Å². The lowest BCUT2D eigenvalue weighted by Crippen LogP contribution is -2.55. The highest BCUT2D eigenvalue weighted by Crippen LogP contribution is 2.44. The normalized spacial score (nSPS) is 26.9. The van der Waals surface area contributed by atoms with Crippen molar-refractivity contribution in [2.45, 2.75) is 50.1 Å². The lowest BCUT2D eigenvalue weighted by atomic mass is 9.92. The number of rotatable bonds is 8. The molecular formula is C24H27F4N3O4. The summed E-state index contributed by atoms with van der Waals surface area (Å²) in [4.78, 5) is 51.3. The molecule has 2 N–H and O–H groups in total. The summed E-state index contributed by atoms with van der Waals surface area (Å²) >= 11 is 0. The van der Waals surface area contributed by atoms with Crippen LogP contribution in [0.5, 0.6) is 0 Å². The molecule has 0 radical (unpaired) electrons. The number of nitrogens with one attached hydrogen (secondary N) is 2. The molecule has 2 saturated heterocycles. The van der Waals surface area contributed by atoms with E-state index in [-0.39, 0.29) is 24.8 Å². The van der Waals surface area contributed by atoms with Crippen molar-refractivity contribution in [1.82, 2.24) is 15.5 Å². The maximum absolute atomic E-state index is 15.1. The van der Waals surface area contributed by atoms with Gasteiger partial charge in [0.15, 0.2) is 5.78 Å². The second-order valence-corrected chi connectivity index (χ2v) is 9.52. The van der Waals surface area contributed by atoms with Crippen molar-refractivity contribution in [3.63, 3.8) is 0 Å². The molecule has 35 heavy (non-hydrogen) atoms. The molecule has 1 aromatic rings. The number of Topliss-reactive ketones (excluding diaryl/α,β-unsaturated/α-hetero) is 1. The zero-order valence-electron chi connectivity index (χ0n) is 18.9. The van der Waals surface area contributed by atoms with Gasteiger partial charge in [-0.3, -0.25) is 19.2 Å². The number of hydrogen-bond donors (Lipinski definition) is 2. The minimum absolute atomic E-state index is 0.0702. The molecule has 3 fully saturated rings. The summed E-state index contributed by atoms with van der Waals surface area (Å²) in [6.07, 6.45) is 2.25. The molecule has 0 bridgehead atoms. The van der Waals surface area contributed by atoms with Gasteiger partial charge in [-0.05, 0) is 49.7 Å². The maximum atomic E-state index is 15.1. The number of likely N-dealkylation sites (tertiary alicyclic amines) is 1. The van der Waals surface area contributed by atoms with Gasteiger partial charge >= 0.3 is 5.92 Å². The lowest BCUT2D eigenvalue weighted by Gasteiger charge is -2.31. The number of carbonyl (C=O) groups is 4. The second kappa shape index (κ2) is 9.94. The standard InChI is InChI=1S/C24H27F4N3O4/c25-11-19(32)18(9-13-7-8-29-21(13)33)30-22(34)20-17-6-1-3-14(17)12-31(20)23(35)24(27,28)15-4-2-5-16(26)10-15/h2,4-5,10,13-14,17-18,20H,1,3,6-9,11-12H2,(H,29,33)(H,30,34)/t13-,14-,17-,18+,20-/m1/s1. The third kappa shape index (κ3) is 4.90. The number of ketones is 1. The first-order valence-electron chi connectivity index (χ1n) is 11.7. The Morgan fingerprint density at radius 3 is 2.63 bits per heavy atom. The Kier molecular flexibility index (Phi) is 7.14. The molecule has 0 spiro atoms. The van der Waals surface area contributed by atoms with Gasteiger partial charge in [0.2, 0.25) is 11.8 Å². The number of hydrogen-bond acceptors (Lipinski definition) is 4. The Labute approximate surface area is 199 Å². The van der Waals surface area contributed by atoms with E-state index >= 15 is 8.78 Å². The smallest absolute Gasteiger partial charge is 0.350 e. The quantitative estimate of drug-likeness (QED) is 0.538. The highest BCUT2D eigenvalue weighted by molar-refractivity contribution is 5.95. The molecule has 2 heterocycles. The summed E-state index contributed by atoms with van der Waals surface area (Å²) < 4.78 is 57.0. The first kappa shape index (κ1) is 25.1. The van der Waals surface area contributed by atoms with Crippen LogP contribution in [0.4, 0.5) is 17.6 Å². The molecule has 3 amide bonds. The second-order valence-electron chi connectivity index (χ2n) is 9.52. The fraction of sp³-hybridized carbons (Fsp3) is 0.583. The number of alkyl halides is 3. The zero-order chi connectivity index (χ0) is 25.3. The van der Waals surface area contributed by atoms with Gasteiger partial charge in [-0.2, -0.15) is 8.78 Å². The van der Waals surface area contributed by atoms with Crippen LogP contribution in [-0.4, -0.2) is 60.3 Å². The summed E-state index contributed by atoms with van der Waals surface area (Å²) in [7, 11) is 0. The summed E-state index contributed by atoms with van der Waals surface area (Å²) in [6, 6.07) is 0.972. The Hall–Kier alpha value is -2.98. The van der Waals surface area contributed by atoms with Crippen LogP contribution >= 0.6 is 0 Å². The van der Waals surface area contributed by atoms with Gasteiger partial charge < -0.3 is 15.5 Å². The van der Waals surface area contributed by atoms with Crippen molar-refractivity contribution in [2.24, 2.45) is 17.8 Å². The van der Waals surface area contributed by atoms with Crippen molar-refractivity contribution in [3.8, 4) is 0 Å². The van der Waals surface area contributed by atoms with E-state index in [2.05, 4.69) is 10.6 Å². The van der Waals surface area contributed by atoms with Gasteiger partial charge in [-0.1, -0.05) is 18.6 Å². The molecule has 3 aliphatic rings. The fourth-order valence-electron chi connectivity index (χ4n) is 5.61. The molecule has 5 atom stereocenters. The molecule has 11 heteroatoms. The first-order chi connectivity index (χ1) is 16.6. The topological polar surface area (TPSA) is 95.6 Å². The molecule has 0 aromatic heterocycles. The highest BCUT2D eigenvalue weighted by atomic mass is 19.3. The lowest BCUT2D eigenvalue weighted by molar-refractivity contribution is -0.162. The summed E-state index contributed by atoms with van der Waals surface area (Å²) in [5, 5.41) is 5.06. The van der Waals surface area contributed by atoms with Crippen molar-refractivity contribution in [1.29, 1.82) is 0 Å². The van der Waals surface area contributed by atoms with E-state index in [1.54, 1.807) is 0 Å². The van der Waals surface area contributed by atoms with E-state index < -0.39 is 65.5 Å². The minimum Gasteiger partial charge on any atom is -0.356 e. The van der Waals surface area contributed by atoms with Gasteiger partial charge in [-0.15, -0.1) is 0 Å². The van der Waals surface area contributed by atoms with Crippen LogP contribution in [0, 0.1) is 23.6 Å². The fourth-order valence-corrected chi connectivity index (χ4v) is 5.61. The number of carbonyl (C=O) groups excluding carboxylic acids is 4. The summed E-state index contributed by atoms with van der Waals surface area (Å²) in [5.41, 5.74) is -0.823. The number of nitrogens with zero attached hydrogens (tertiary/aromatic N) is 1. The summed E-state index contributed by atoms with van der Waals surface area (Å²) in [6.45, 7) is -1.03. The molecule has 1 aliphatic carbocycles. The van der Waals surface area contributed by atoms with Crippen LogP contribution in [0.2, 0.25) is 0 Å². The van der Waals surface area contributed by atoms with Crippen LogP contribution in [0.25, 0.3) is 0 Å². The van der Waals surface area contributed by atoms with Crippen molar-refractivity contribution in [3.05, 3.63) is 35.6 Å². The van der Waals surface area contributed by atoms with Crippen molar-refractivity contribution >= 4 is 23.5 Å². The average Bonchev–Trinajstić information content (AvgIpc) is 3.53. The Morgan fingerprint density at radius 2 is 1.97 bits per heavy atom. The van der Waals surface area contributed by atoms with Crippen LogP contribution in [0.3, 0.4) is 0 Å². The van der Waals surface area contributed by atoms with E-state index in [1.807, 2.05) is 0 Å². The predicted molar refractivity (Wildman–Crippen MR) is 115 cm³/mol. The van der Waals surface area contributed by atoms with E-state index in [4.69, 9.17) is 0 Å². The molecule has 0 unspecified atom stereocenters. The van der Waals surface area contributed by atoms with Crippen LogP contribution in [0.15, 0.2) is 24.3 Å². The molecular weight excluding hydrogens is 470 g/mol. The average molecular weight is 497 g/mol. The van der Waals surface area contributed by atoms with Gasteiger partial charge in [0.05, 0.1) is 6.04 Å².